The van der Waals surface area contributed by atoms with Crippen LogP contribution in [0.4, 0.5) is 8.78 Å². The average molecular weight is 526 g/mol. The van der Waals surface area contributed by atoms with Gasteiger partial charge in [-0.1, -0.05) is 30.8 Å². The molecule has 186 valence electrons. The number of amides is 1. The third-order valence-corrected chi connectivity index (χ3v) is 8.26. The fourth-order valence-electron chi connectivity index (χ4n) is 4.25. The van der Waals surface area contributed by atoms with E-state index in [-0.39, 0.29) is 23.5 Å². The highest BCUT2D eigenvalue weighted by atomic mass is 32.2. The Morgan fingerprint density at radius 1 is 1.14 bits per heavy atom. The van der Waals surface area contributed by atoms with Crippen molar-refractivity contribution < 1.29 is 18.7 Å². The zero-order valence-corrected chi connectivity index (χ0v) is 21.0. The average Bonchev–Trinajstić information content (AvgIpc) is 3.10. The first kappa shape index (κ1) is 25.9. The van der Waals surface area contributed by atoms with E-state index in [9.17, 15) is 18.7 Å². The lowest BCUT2D eigenvalue weighted by Gasteiger charge is -2.45. The summed E-state index contributed by atoms with van der Waals surface area (Å²) in [4.78, 5) is 15.2. The Labute approximate surface area is 217 Å². The molecule has 2 N–H and O–H groups in total. The Kier molecular flexibility index (Phi) is 8.09. The van der Waals surface area contributed by atoms with E-state index in [1.165, 1.54) is 11.6 Å². The molecule has 2 saturated heterocycles. The van der Waals surface area contributed by atoms with E-state index in [1.54, 1.807) is 40.0 Å². The molecule has 2 aromatic carbocycles. The molecule has 6 rings (SSSR count). The molecule has 9 heteroatoms. The maximum absolute atomic E-state index is 13.7. The number of hydrogen-bond donors (Lipinski definition) is 2. The summed E-state index contributed by atoms with van der Waals surface area (Å²) in [6.45, 7) is 4.41. The first-order valence-corrected chi connectivity index (χ1v) is 13.3. The third-order valence-electron chi connectivity index (χ3n) is 6.09. The van der Waals surface area contributed by atoms with E-state index in [0.29, 0.717) is 29.9 Å². The molecule has 0 aliphatic carbocycles. The monoisotopic (exact) mass is 525 g/mol. The normalized spacial score (nSPS) is 19.9. The molecule has 2 aromatic rings. The summed E-state index contributed by atoms with van der Waals surface area (Å²) in [7, 11) is 0. The minimum absolute atomic E-state index is 0.00816. The fraction of sp³-hybridized carbons (Fsp3) is 0.222. The van der Waals surface area contributed by atoms with Crippen LogP contribution in [0.3, 0.4) is 0 Å². The smallest absolute Gasteiger partial charge is 0.277 e. The Morgan fingerprint density at radius 2 is 1.92 bits per heavy atom. The number of terminal acetylenes is 1. The number of rotatable bonds is 0. The number of nitrogens with zero attached hydrogens (tertiary/aromatic N) is 2. The van der Waals surface area contributed by atoms with Gasteiger partial charge in [0.05, 0.1) is 0 Å². The number of carbonyl (C=O) groups excluding carboxylic acids is 1. The lowest BCUT2D eigenvalue weighted by Crippen LogP contribution is -2.64. The number of benzene rings is 2. The number of thioether (sulfide) groups is 2. The summed E-state index contributed by atoms with van der Waals surface area (Å²) in [6, 6.07) is 10.9. The number of halogens is 2. The summed E-state index contributed by atoms with van der Waals surface area (Å²) in [5.41, 5.74) is 6.54. The van der Waals surface area contributed by atoms with Crippen molar-refractivity contribution in [2.45, 2.75) is 23.2 Å². The lowest BCUT2D eigenvalue weighted by atomic mass is 10.0. The zero-order chi connectivity index (χ0) is 25.8. The molecule has 0 spiro atoms. The first-order valence-electron chi connectivity index (χ1n) is 11.2. The van der Waals surface area contributed by atoms with Crippen molar-refractivity contribution in [1.82, 2.24) is 15.3 Å². The predicted molar refractivity (Wildman–Crippen MR) is 141 cm³/mol. The van der Waals surface area contributed by atoms with E-state index in [4.69, 9.17) is 0 Å². The zero-order valence-electron chi connectivity index (χ0n) is 19.4. The molecule has 4 aliphatic heterocycles. The van der Waals surface area contributed by atoms with Gasteiger partial charge in [-0.2, -0.15) is 11.8 Å². The number of aliphatic hydroxyl groups excluding tert-OH is 1. The van der Waals surface area contributed by atoms with Gasteiger partial charge in [-0.15, -0.1) is 24.6 Å². The molecular formula is C27H25F2N3O2S2. The van der Waals surface area contributed by atoms with Crippen molar-refractivity contribution >= 4 is 29.4 Å². The number of aliphatic hydroxyl groups is 1. The maximum atomic E-state index is 13.7. The van der Waals surface area contributed by atoms with E-state index in [2.05, 4.69) is 24.9 Å². The predicted octanol–water partition coefficient (Wildman–Crippen LogP) is 4.97. The molecular weight excluding hydrogens is 500 g/mol. The van der Waals surface area contributed by atoms with Crippen LogP contribution in [-0.2, 0) is 17.0 Å². The molecule has 5 nitrogen and oxygen atoms in total. The third kappa shape index (κ3) is 5.03. The molecule has 4 heterocycles. The van der Waals surface area contributed by atoms with Crippen LogP contribution in [0.25, 0.3) is 0 Å². The number of nitrogens with one attached hydrogen (secondary N) is 1. The molecule has 4 aliphatic rings. The van der Waals surface area contributed by atoms with Crippen molar-refractivity contribution in [3.63, 3.8) is 0 Å². The van der Waals surface area contributed by atoms with Gasteiger partial charge >= 0.3 is 0 Å². The summed E-state index contributed by atoms with van der Waals surface area (Å²) >= 11 is 3.39. The van der Waals surface area contributed by atoms with Crippen LogP contribution in [0, 0.1) is 24.5 Å². The number of hydrazine groups is 1. The van der Waals surface area contributed by atoms with Gasteiger partial charge in [0.25, 0.3) is 5.91 Å². The topological polar surface area (TPSA) is 55.8 Å². The van der Waals surface area contributed by atoms with Gasteiger partial charge in [0, 0.05) is 46.0 Å². The number of allylic oxidation sites excluding steroid dienone is 1. The Balaban J connectivity index is 0.000000158. The Bertz CT molecular complexity index is 1270. The van der Waals surface area contributed by atoms with Gasteiger partial charge in [0.15, 0.2) is 23.1 Å². The van der Waals surface area contributed by atoms with Gasteiger partial charge in [0.2, 0.25) is 0 Å². The minimum atomic E-state index is -0.754. The number of hydrogen-bond acceptors (Lipinski definition) is 6. The molecule has 0 unspecified atom stereocenters. The second kappa shape index (κ2) is 11.2. The van der Waals surface area contributed by atoms with Gasteiger partial charge < -0.3 is 10.0 Å². The standard InChI is InChI=1S/C14H10F2S.C11H13N3O2S.C2H2/c15-12-6-5-9-7-10-3-1-2-4-13(10)17-8-11(9)14(12)16;1-7-2-3-14-9(10(7)15)11(16)13-4-5-17-6-8(13)12-14;1-2/h1-6H,7-8H2;2-3,8,12,15H,1,4-6H2;1-2H/t;8-;/m.0./s1. The van der Waals surface area contributed by atoms with Crippen molar-refractivity contribution in [2.24, 2.45) is 0 Å². The number of carbonyl (C=O) groups is 1. The lowest BCUT2D eigenvalue weighted by molar-refractivity contribution is -0.136. The summed E-state index contributed by atoms with van der Waals surface area (Å²) in [5.74, 6) is 0.687. The van der Waals surface area contributed by atoms with E-state index in [1.807, 2.05) is 36.0 Å². The Morgan fingerprint density at radius 3 is 2.72 bits per heavy atom. The largest absolute Gasteiger partial charge is 0.505 e. The van der Waals surface area contributed by atoms with Crippen LogP contribution < -0.4 is 5.43 Å². The van der Waals surface area contributed by atoms with Crippen molar-refractivity contribution in [2.75, 3.05) is 18.1 Å². The van der Waals surface area contributed by atoms with Crippen molar-refractivity contribution in [1.29, 1.82) is 0 Å². The highest BCUT2D eigenvalue weighted by Crippen LogP contribution is 2.35. The molecule has 0 saturated carbocycles. The van der Waals surface area contributed by atoms with Gasteiger partial charge in [-0.05, 0) is 35.8 Å². The quantitative estimate of drug-likeness (QED) is 0.474. The van der Waals surface area contributed by atoms with Gasteiger partial charge in [-0.25, -0.2) is 14.2 Å². The van der Waals surface area contributed by atoms with Crippen LogP contribution in [-0.4, -0.2) is 45.1 Å². The Hall–Kier alpha value is -3.19. The van der Waals surface area contributed by atoms with Gasteiger partial charge in [0.1, 0.15) is 6.17 Å². The first-order chi connectivity index (χ1) is 17.4. The molecule has 0 bridgehead atoms. The second-order valence-electron chi connectivity index (χ2n) is 8.20. The van der Waals surface area contributed by atoms with Crippen LogP contribution in [0.5, 0.6) is 0 Å². The van der Waals surface area contributed by atoms with Crippen LogP contribution >= 0.6 is 23.5 Å². The molecule has 36 heavy (non-hydrogen) atoms. The highest BCUT2D eigenvalue weighted by Gasteiger charge is 2.40. The molecule has 0 radical (unpaired) electrons. The van der Waals surface area contributed by atoms with Gasteiger partial charge in [-0.3, -0.25) is 9.80 Å². The van der Waals surface area contributed by atoms with Crippen LogP contribution in [0.2, 0.25) is 0 Å². The molecule has 1 atom stereocenters. The van der Waals surface area contributed by atoms with Crippen LogP contribution in [0.1, 0.15) is 16.7 Å². The van der Waals surface area contributed by atoms with E-state index >= 15 is 0 Å². The molecule has 0 aromatic heterocycles. The van der Waals surface area contributed by atoms with E-state index < -0.39 is 11.6 Å². The van der Waals surface area contributed by atoms with Crippen molar-refractivity contribution in [3.8, 4) is 12.8 Å². The highest BCUT2D eigenvalue weighted by molar-refractivity contribution is 7.99. The summed E-state index contributed by atoms with van der Waals surface area (Å²) in [6.07, 6.45) is 12.1. The summed E-state index contributed by atoms with van der Waals surface area (Å²) < 4.78 is 26.9. The fourth-order valence-corrected chi connectivity index (χ4v) is 6.33. The van der Waals surface area contributed by atoms with Crippen molar-refractivity contribution in [3.05, 3.63) is 101 Å². The summed E-state index contributed by atoms with van der Waals surface area (Å²) in [5, 5.41) is 11.5. The second-order valence-corrected chi connectivity index (χ2v) is 10.4. The maximum Gasteiger partial charge on any atom is 0.277 e. The number of fused-ring (bicyclic) bond motifs is 4. The molecule has 2 fully saturated rings. The van der Waals surface area contributed by atoms with E-state index in [0.717, 1.165) is 22.0 Å². The van der Waals surface area contributed by atoms with Crippen LogP contribution in [0.15, 0.2) is 77.2 Å². The molecule has 1 amide bonds. The SMILES string of the molecule is C#C.C=C1C=CN2N[C@@H]3CSCCN3C(=O)C2=C1O.Fc1ccc2c(c1F)CSc1ccccc1C2. The minimum Gasteiger partial charge on any atom is -0.505 e.